The van der Waals surface area contributed by atoms with E-state index in [2.05, 4.69) is 11.9 Å². The molecule has 2 aliphatic heterocycles. The molecule has 2 aliphatic rings. The third-order valence-electron chi connectivity index (χ3n) is 7.26. The molecule has 220 valence electrons. The number of rotatable bonds is 10. The second kappa shape index (κ2) is 12.0. The molecule has 0 bridgehead atoms. The molecule has 10 heteroatoms. The van der Waals surface area contributed by atoms with Crippen LogP contribution in [0.5, 0.6) is 17.2 Å². The number of anilines is 1. The number of thiazole rings is 1. The summed E-state index contributed by atoms with van der Waals surface area (Å²) in [6, 6.07) is 9.43. The molecule has 3 heterocycles. The average Bonchev–Trinajstić information content (AvgIpc) is 3.61. The highest BCUT2D eigenvalue weighted by molar-refractivity contribution is 7.18. The molecule has 2 aromatic carbocycles. The van der Waals surface area contributed by atoms with Gasteiger partial charge in [0.1, 0.15) is 17.6 Å². The van der Waals surface area contributed by atoms with E-state index in [0.717, 1.165) is 35.5 Å². The second-order valence-corrected chi connectivity index (χ2v) is 11.4. The summed E-state index contributed by atoms with van der Waals surface area (Å²) in [5.41, 5.74) is 2.22. The first-order valence-electron chi connectivity index (χ1n) is 14.1. The third-order valence-corrected chi connectivity index (χ3v) is 8.52. The number of ether oxygens (including phenoxy) is 3. The minimum Gasteiger partial charge on any atom is -0.507 e. The van der Waals surface area contributed by atoms with Crippen LogP contribution in [0.4, 0.5) is 5.13 Å². The van der Waals surface area contributed by atoms with Crippen molar-refractivity contribution in [2.75, 3.05) is 18.1 Å². The van der Waals surface area contributed by atoms with E-state index in [1.165, 1.54) is 11.8 Å². The minimum atomic E-state index is -1.03. The number of Topliss-reactive ketones (excluding diaryl/α,β-unsaturated/α-hetero) is 2. The third kappa shape index (κ3) is 5.38. The van der Waals surface area contributed by atoms with E-state index in [1.807, 2.05) is 13.8 Å². The zero-order valence-electron chi connectivity index (χ0n) is 24.4. The van der Waals surface area contributed by atoms with Crippen molar-refractivity contribution in [3.05, 3.63) is 69.2 Å². The Hall–Kier alpha value is -4.18. The van der Waals surface area contributed by atoms with Gasteiger partial charge >= 0.3 is 5.91 Å². The van der Waals surface area contributed by atoms with Crippen LogP contribution in [0, 0.1) is 6.92 Å². The van der Waals surface area contributed by atoms with Gasteiger partial charge in [-0.25, -0.2) is 4.98 Å². The van der Waals surface area contributed by atoms with E-state index in [0.29, 0.717) is 52.8 Å². The Labute approximate surface area is 248 Å². The number of unbranched alkanes of at least 4 members (excludes halogenated alkanes) is 1. The van der Waals surface area contributed by atoms with Crippen LogP contribution in [0.1, 0.15) is 78.6 Å². The highest BCUT2D eigenvalue weighted by Gasteiger charge is 2.48. The van der Waals surface area contributed by atoms with E-state index in [9.17, 15) is 19.5 Å². The van der Waals surface area contributed by atoms with Gasteiger partial charge in [0.25, 0.3) is 5.78 Å². The van der Waals surface area contributed by atoms with Gasteiger partial charge in [-0.15, -0.1) is 0 Å². The minimum absolute atomic E-state index is 0.00152. The SMILES string of the molecule is CCCCOc1ccc([C@H]2/C(=C(\O)c3ccc4c(c3)C[C@H](C)O4)C(=O)C(=O)N2c2nc(C)c(C(C)=O)s2)cc1OCC. The van der Waals surface area contributed by atoms with Gasteiger partial charge in [-0.2, -0.15) is 0 Å². The van der Waals surface area contributed by atoms with Crippen molar-refractivity contribution >= 4 is 39.7 Å². The molecule has 0 radical (unpaired) electrons. The van der Waals surface area contributed by atoms with Crippen molar-refractivity contribution in [2.24, 2.45) is 0 Å². The van der Waals surface area contributed by atoms with Gasteiger partial charge in [-0.05, 0) is 68.7 Å². The van der Waals surface area contributed by atoms with Crippen molar-refractivity contribution in [3.8, 4) is 17.2 Å². The first-order valence-corrected chi connectivity index (χ1v) is 14.9. The number of benzene rings is 2. The van der Waals surface area contributed by atoms with E-state index in [-0.39, 0.29) is 28.4 Å². The number of fused-ring (bicyclic) bond motifs is 1. The lowest BCUT2D eigenvalue weighted by atomic mass is 9.94. The molecule has 9 nitrogen and oxygen atoms in total. The van der Waals surface area contributed by atoms with Crippen LogP contribution in [0.2, 0.25) is 0 Å². The zero-order valence-corrected chi connectivity index (χ0v) is 25.2. The maximum absolute atomic E-state index is 13.7. The van der Waals surface area contributed by atoms with Gasteiger partial charge in [-0.1, -0.05) is 30.7 Å². The Balaban J connectivity index is 1.68. The number of aliphatic hydroxyl groups excluding tert-OH is 1. The van der Waals surface area contributed by atoms with Crippen LogP contribution in [0.3, 0.4) is 0 Å². The van der Waals surface area contributed by atoms with Gasteiger partial charge in [0, 0.05) is 18.9 Å². The van der Waals surface area contributed by atoms with E-state index in [1.54, 1.807) is 43.3 Å². The zero-order chi connectivity index (χ0) is 30.1. The standard InChI is InChI=1S/C32H34N2O7S/c1-6-8-13-40-24-12-9-20(16-25(24)39-7-2)27-26(28(36)21-10-11-23-22(15-21)14-17(3)41-23)29(37)31(38)34(27)32-33-18(4)30(42-32)19(5)35/h9-12,15-17,27,36H,6-8,13-14H2,1-5H3/b28-26+/t17-,27-/m0/s1. The number of aliphatic hydroxyl groups is 1. The predicted octanol–water partition coefficient (Wildman–Crippen LogP) is 6.18. The summed E-state index contributed by atoms with van der Waals surface area (Å²) in [5.74, 6) is -0.449. The maximum atomic E-state index is 13.7. The molecule has 1 N–H and O–H groups in total. The summed E-state index contributed by atoms with van der Waals surface area (Å²) < 4.78 is 17.6. The fraction of sp³-hybridized carbons (Fsp3) is 0.375. The summed E-state index contributed by atoms with van der Waals surface area (Å²) in [6.45, 7) is 9.89. The predicted molar refractivity (Wildman–Crippen MR) is 160 cm³/mol. The number of carbonyl (C=O) groups excluding carboxylic acids is 3. The van der Waals surface area contributed by atoms with Crippen molar-refractivity contribution in [1.29, 1.82) is 0 Å². The number of ketones is 2. The van der Waals surface area contributed by atoms with Gasteiger partial charge < -0.3 is 19.3 Å². The molecule has 1 amide bonds. The van der Waals surface area contributed by atoms with Crippen LogP contribution in [-0.4, -0.2) is 46.9 Å². The van der Waals surface area contributed by atoms with E-state index >= 15 is 0 Å². The Bertz CT molecular complexity index is 1590. The lowest BCUT2D eigenvalue weighted by Gasteiger charge is -2.24. The van der Waals surface area contributed by atoms with Crippen LogP contribution in [-0.2, 0) is 16.0 Å². The molecule has 1 fully saturated rings. The first kappa shape index (κ1) is 29.3. The van der Waals surface area contributed by atoms with Crippen molar-refractivity contribution in [3.63, 3.8) is 0 Å². The lowest BCUT2D eigenvalue weighted by Crippen LogP contribution is -2.29. The van der Waals surface area contributed by atoms with Gasteiger partial charge in [0.2, 0.25) is 0 Å². The number of hydrogen-bond acceptors (Lipinski definition) is 9. The average molecular weight is 591 g/mol. The molecule has 1 saturated heterocycles. The summed E-state index contributed by atoms with van der Waals surface area (Å²) in [6.07, 6.45) is 2.51. The number of carbonyl (C=O) groups is 3. The summed E-state index contributed by atoms with van der Waals surface area (Å²) in [5, 5.41) is 11.8. The number of nitrogens with zero attached hydrogens (tertiary/aromatic N) is 2. The fourth-order valence-electron chi connectivity index (χ4n) is 5.29. The van der Waals surface area contributed by atoms with Crippen LogP contribution >= 0.6 is 11.3 Å². The van der Waals surface area contributed by atoms with E-state index < -0.39 is 17.7 Å². The molecule has 3 aromatic rings. The molecular weight excluding hydrogens is 556 g/mol. The Morgan fingerprint density at radius 2 is 1.93 bits per heavy atom. The molecular formula is C32H34N2O7S. The van der Waals surface area contributed by atoms with Crippen molar-refractivity contribution in [2.45, 2.75) is 66.0 Å². The molecule has 0 unspecified atom stereocenters. The number of amides is 1. The van der Waals surface area contributed by atoms with Gasteiger partial charge in [-0.3, -0.25) is 19.3 Å². The Morgan fingerprint density at radius 3 is 2.62 bits per heavy atom. The van der Waals surface area contributed by atoms with Gasteiger partial charge in [0.15, 0.2) is 22.4 Å². The van der Waals surface area contributed by atoms with Crippen LogP contribution in [0.25, 0.3) is 5.76 Å². The molecule has 2 atom stereocenters. The highest BCUT2D eigenvalue weighted by atomic mass is 32.1. The normalized spacial score (nSPS) is 19.1. The molecule has 0 saturated carbocycles. The molecule has 0 aliphatic carbocycles. The van der Waals surface area contributed by atoms with Crippen LogP contribution in [0.15, 0.2) is 42.0 Å². The number of aromatic nitrogens is 1. The molecule has 1 aromatic heterocycles. The maximum Gasteiger partial charge on any atom is 0.301 e. The topological polar surface area (TPSA) is 115 Å². The number of hydrogen-bond donors (Lipinski definition) is 1. The van der Waals surface area contributed by atoms with E-state index in [4.69, 9.17) is 14.2 Å². The summed E-state index contributed by atoms with van der Waals surface area (Å²) >= 11 is 1.04. The van der Waals surface area contributed by atoms with Crippen LogP contribution < -0.4 is 19.1 Å². The summed E-state index contributed by atoms with van der Waals surface area (Å²) in [4.78, 5) is 45.7. The number of aryl methyl sites for hydroxylation is 1. The quantitative estimate of drug-likeness (QED) is 0.0979. The fourth-order valence-corrected chi connectivity index (χ4v) is 6.28. The molecule has 5 rings (SSSR count). The largest absolute Gasteiger partial charge is 0.507 e. The Morgan fingerprint density at radius 1 is 1.14 bits per heavy atom. The first-order chi connectivity index (χ1) is 20.1. The second-order valence-electron chi connectivity index (χ2n) is 10.4. The smallest absolute Gasteiger partial charge is 0.301 e. The highest BCUT2D eigenvalue weighted by Crippen LogP contribution is 2.46. The molecule has 0 spiro atoms. The lowest BCUT2D eigenvalue weighted by molar-refractivity contribution is -0.132. The van der Waals surface area contributed by atoms with Gasteiger partial charge in [0.05, 0.1) is 35.4 Å². The van der Waals surface area contributed by atoms with Crippen molar-refractivity contribution < 1.29 is 33.7 Å². The molecule has 42 heavy (non-hydrogen) atoms. The Kier molecular flexibility index (Phi) is 8.36. The monoisotopic (exact) mass is 590 g/mol. The summed E-state index contributed by atoms with van der Waals surface area (Å²) in [7, 11) is 0. The van der Waals surface area contributed by atoms with Crippen molar-refractivity contribution in [1.82, 2.24) is 4.98 Å².